The van der Waals surface area contributed by atoms with Crippen molar-refractivity contribution >= 4 is 0 Å². The molecular weight excluding hydrogens is 200 g/mol. The molecule has 0 N–H and O–H groups in total. The zero-order chi connectivity index (χ0) is 11.6. The van der Waals surface area contributed by atoms with Gasteiger partial charge in [0.1, 0.15) is 6.10 Å². The molecule has 96 valence electrons. The first-order valence-corrected chi connectivity index (χ1v) is 7.07. The fourth-order valence-electron chi connectivity index (χ4n) is 1.94. The maximum atomic E-state index is 5.55. The van der Waals surface area contributed by atoms with Crippen LogP contribution in [-0.2, 0) is 9.47 Å². The average Bonchev–Trinajstić information content (AvgIpc) is 2.97. The standard InChI is InChI=1S/C14H28O2/c1-3-4-5-6-7-8-9-10-11-15-12-14-13(2)16-14/h13-14H,3-12H2,1-2H3. The fraction of sp³-hybridized carbons (Fsp3) is 1.00. The molecule has 2 nitrogen and oxygen atoms in total. The van der Waals surface area contributed by atoms with E-state index >= 15 is 0 Å². The second-order valence-corrected chi connectivity index (χ2v) is 4.93. The lowest BCUT2D eigenvalue weighted by molar-refractivity contribution is 0.113. The Kier molecular flexibility index (Phi) is 7.87. The molecule has 0 aliphatic carbocycles. The molecule has 0 aromatic heterocycles. The molecule has 0 radical (unpaired) electrons. The topological polar surface area (TPSA) is 21.8 Å². The first-order valence-electron chi connectivity index (χ1n) is 7.07. The normalized spacial score (nSPS) is 23.6. The van der Waals surface area contributed by atoms with Gasteiger partial charge in [-0.15, -0.1) is 0 Å². The molecule has 2 heteroatoms. The van der Waals surface area contributed by atoms with Crippen LogP contribution in [0.5, 0.6) is 0 Å². The van der Waals surface area contributed by atoms with Crippen LogP contribution in [0.4, 0.5) is 0 Å². The molecule has 1 rings (SSSR count). The van der Waals surface area contributed by atoms with E-state index in [9.17, 15) is 0 Å². The van der Waals surface area contributed by atoms with E-state index in [1.807, 2.05) is 0 Å². The van der Waals surface area contributed by atoms with Crippen LogP contribution < -0.4 is 0 Å². The molecule has 0 spiro atoms. The largest absolute Gasteiger partial charge is 0.379 e. The zero-order valence-corrected chi connectivity index (χ0v) is 11.0. The number of unbranched alkanes of at least 4 members (excludes halogenated alkanes) is 7. The Labute approximate surface area is 101 Å². The van der Waals surface area contributed by atoms with Crippen molar-refractivity contribution < 1.29 is 9.47 Å². The van der Waals surface area contributed by atoms with Gasteiger partial charge in [-0.25, -0.2) is 0 Å². The third-order valence-corrected chi connectivity index (χ3v) is 3.26. The second kappa shape index (κ2) is 9.00. The van der Waals surface area contributed by atoms with Gasteiger partial charge in [0.25, 0.3) is 0 Å². The molecule has 1 aliphatic rings. The highest BCUT2D eigenvalue weighted by atomic mass is 16.6. The Hall–Kier alpha value is -0.0800. The van der Waals surface area contributed by atoms with E-state index in [1.54, 1.807) is 0 Å². The number of epoxide rings is 1. The van der Waals surface area contributed by atoms with Crippen LogP contribution in [0.15, 0.2) is 0 Å². The predicted octanol–water partition coefficient (Wildman–Crippen LogP) is 3.93. The third-order valence-electron chi connectivity index (χ3n) is 3.26. The first-order chi connectivity index (χ1) is 7.84. The lowest BCUT2D eigenvalue weighted by Crippen LogP contribution is -2.04. The maximum Gasteiger partial charge on any atom is 0.107 e. The minimum Gasteiger partial charge on any atom is -0.379 e. The summed E-state index contributed by atoms with van der Waals surface area (Å²) in [6, 6.07) is 0. The summed E-state index contributed by atoms with van der Waals surface area (Å²) in [5.41, 5.74) is 0. The summed E-state index contributed by atoms with van der Waals surface area (Å²) < 4.78 is 10.8. The SMILES string of the molecule is CCCCCCCCCCOCC1OC1C. The van der Waals surface area contributed by atoms with E-state index in [-0.39, 0.29) is 0 Å². The van der Waals surface area contributed by atoms with Crippen LogP contribution >= 0.6 is 0 Å². The van der Waals surface area contributed by atoms with E-state index in [1.165, 1.54) is 51.4 Å². The summed E-state index contributed by atoms with van der Waals surface area (Å²) in [5, 5.41) is 0. The van der Waals surface area contributed by atoms with Gasteiger partial charge < -0.3 is 9.47 Å². The Bertz CT molecular complexity index is 159. The number of ether oxygens (including phenoxy) is 2. The van der Waals surface area contributed by atoms with Crippen molar-refractivity contribution in [2.75, 3.05) is 13.2 Å². The monoisotopic (exact) mass is 228 g/mol. The van der Waals surface area contributed by atoms with Crippen LogP contribution in [0.1, 0.15) is 65.2 Å². The number of rotatable bonds is 11. The molecule has 2 atom stereocenters. The van der Waals surface area contributed by atoms with Crippen LogP contribution in [-0.4, -0.2) is 25.4 Å². The van der Waals surface area contributed by atoms with E-state index in [4.69, 9.17) is 9.47 Å². The Morgan fingerprint density at radius 3 is 2.06 bits per heavy atom. The van der Waals surface area contributed by atoms with Crippen LogP contribution in [0.3, 0.4) is 0 Å². The predicted molar refractivity (Wildman–Crippen MR) is 67.8 cm³/mol. The van der Waals surface area contributed by atoms with Gasteiger partial charge in [0, 0.05) is 6.61 Å². The van der Waals surface area contributed by atoms with Crippen molar-refractivity contribution in [3.63, 3.8) is 0 Å². The van der Waals surface area contributed by atoms with E-state index in [0.29, 0.717) is 12.2 Å². The third kappa shape index (κ3) is 7.24. The quantitative estimate of drug-likeness (QED) is 0.395. The summed E-state index contributed by atoms with van der Waals surface area (Å²) in [6.07, 6.45) is 11.8. The van der Waals surface area contributed by atoms with Crippen LogP contribution in [0.2, 0.25) is 0 Å². The molecule has 0 amide bonds. The van der Waals surface area contributed by atoms with E-state index in [0.717, 1.165) is 13.2 Å². The van der Waals surface area contributed by atoms with Crippen molar-refractivity contribution in [3.8, 4) is 0 Å². The molecule has 1 saturated heterocycles. The van der Waals surface area contributed by atoms with Gasteiger partial charge in [-0.2, -0.15) is 0 Å². The lowest BCUT2D eigenvalue weighted by Gasteiger charge is -2.02. The molecule has 1 heterocycles. The summed E-state index contributed by atoms with van der Waals surface area (Å²) in [5.74, 6) is 0. The minimum absolute atomic E-state index is 0.397. The molecule has 1 fully saturated rings. The zero-order valence-electron chi connectivity index (χ0n) is 11.0. The van der Waals surface area contributed by atoms with Crippen LogP contribution in [0, 0.1) is 0 Å². The Balaban J connectivity index is 1.65. The fourth-order valence-corrected chi connectivity index (χ4v) is 1.94. The van der Waals surface area contributed by atoms with Gasteiger partial charge in [-0.3, -0.25) is 0 Å². The molecule has 1 aliphatic heterocycles. The van der Waals surface area contributed by atoms with Gasteiger partial charge >= 0.3 is 0 Å². The highest BCUT2D eigenvalue weighted by Gasteiger charge is 2.33. The smallest absolute Gasteiger partial charge is 0.107 e. The van der Waals surface area contributed by atoms with Crippen molar-refractivity contribution in [3.05, 3.63) is 0 Å². The van der Waals surface area contributed by atoms with Crippen molar-refractivity contribution in [2.24, 2.45) is 0 Å². The summed E-state index contributed by atoms with van der Waals surface area (Å²) in [7, 11) is 0. The lowest BCUT2D eigenvalue weighted by atomic mass is 10.1. The van der Waals surface area contributed by atoms with Gasteiger partial charge in [0.2, 0.25) is 0 Å². The summed E-state index contributed by atoms with van der Waals surface area (Å²) in [4.78, 5) is 0. The molecular formula is C14H28O2. The highest BCUT2D eigenvalue weighted by Crippen LogP contribution is 2.20. The Morgan fingerprint density at radius 2 is 1.50 bits per heavy atom. The average molecular weight is 228 g/mol. The van der Waals surface area contributed by atoms with Gasteiger partial charge in [0.15, 0.2) is 0 Å². The van der Waals surface area contributed by atoms with E-state index < -0.39 is 0 Å². The molecule has 16 heavy (non-hydrogen) atoms. The van der Waals surface area contributed by atoms with Gasteiger partial charge in [-0.05, 0) is 13.3 Å². The highest BCUT2D eigenvalue weighted by molar-refractivity contribution is 4.79. The second-order valence-electron chi connectivity index (χ2n) is 4.93. The molecule has 2 unspecified atom stereocenters. The maximum absolute atomic E-state index is 5.55. The molecule has 0 saturated carbocycles. The van der Waals surface area contributed by atoms with E-state index in [2.05, 4.69) is 13.8 Å². The molecule has 0 aromatic rings. The van der Waals surface area contributed by atoms with Gasteiger partial charge in [-0.1, -0.05) is 51.9 Å². The summed E-state index contributed by atoms with van der Waals surface area (Å²) in [6.45, 7) is 6.09. The van der Waals surface area contributed by atoms with Gasteiger partial charge in [0.05, 0.1) is 12.7 Å². The molecule has 0 aromatic carbocycles. The first kappa shape index (κ1) is 14.0. The van der Waals surface area contributed by atoms with Crippen molar-refractivity contribution in [2.45, 2.75) is 77.4 Å². The molecule has 0 bridgehead atoms. The number of hydrogen-bond acceptors (Lipinski definition) is 2. The van der Waals surface area contributed by atoms with Crippen molar-refractivity contribution in [1.82, 2.24) is 0 Å². The van der Waals surface area contributed by atoms with Crippen molar-refractivity contribution in [1.29, 1.82) is 0 Å². The van der Waals surface area contributed by atoms with Crippen LogP contribution in [0.25, 0.3) is 0 Å². The Morgan fingerprint density at radius 1 is 0.938 bits per heavy atom. The minimum atomic E-state index is 0.397. The summed E-state index contributed by atoms with van der Waals surface area (Å²) >= 11 is 0. The number of hydrogen-bond donors (Lipinski definition) is 0.